The summed E-state index contributed by atoms with van der Waals surface area (Å²) in [7, 11) is 1.58. The number of benzene rings is 1. The van der Waals surface area contributed by atoms with Crippen LogP contribution in [0.2, 0.25) is 0 Å². The average molecular weight is 419 g/mol. The van der Waals surface area contributed by atoms with Crippen molar-refractivity contribution in [3.8, 4) is 17.1 Å². The highest BCUT2D eigenvalue weighted by Crippen LogP contribution is 2.30. The lowest BCUT2D eigenvalue weighted by atomic mass is 10.1. The van der Waals surface area contributed by atoms with Crippen molar-refractivity contribution in [3.63, 3.8) is 0 Å². The predicted molar refractivity (Wildman–Crippen MR) is 114 cm³/mol. The van der Waals surface area contributed by atoms with Crippen molar-refractivity contribution in [2.75, 3.05) is 26.1 Å². The number of hydrogen-bond donors (Lipinski definition) is 1. The molecule has 0 aliphatic carbocycles. The van der Waals surface area contributed by atoms with Gasteiger partial charge in [-0.15, -0.1) is 5.10 Å². The molecule has 1 saturated heterocycles. The maximum atomic E-state index is 12.9. The Kier molecular flexibility index (Phi) is 4.83. The molecule has 3 aromatic heterocycles. The van der Waals surface area contributed by atoms with E-state index in [1.54, 1.807) is 34.8 Å². The number of nitrogens with zero attached hydrogens (tertiary/aromatic N) is 6. The second kappa shape index (κ2) is 7.80. The number of anilines is 1. The fraction of sp³-hybridized carbons (Fsp3) is 0.286. The van der Waals surface area contributed by atoms with Crippen LogP contribution in [0.5, 0.6) is 5.75 Å². The summed E-state index contributed by atoms with van der Waals surface area (Å²) >= 11 is 0. The molecule has 10 nitrogen and oxygen atoms in total. The SMILES string of the molecule is COc1cccc2c(-c3cn(Cc4cccn(C5CCOC5)c4=O)nn3)nc(N)nc12. The van der Waals surface area contributed by atoms with Crippen molar-refractivity contribution in [1.82, 2.24) is 29.5 Å². The summed E-state index contributed by atoms with van der Waals surface area (Å²) in [4.78, 5) is 21.6. The molecule has 1 aliphatic heterocycles. The molecule has 10 heteroatoms. The molecule has 0 bridgehead atoms. The van der Waals surface area contributed by atoms with Crippen LogP contribution in [-0.4, -0.2) is 49.9 Å². The molecule has 0 saturated carbocycles. The summed E-state index contributed by atoms with van der Waals surface area (Å²) in [6.07, 6.45) is 4.39. The minimum atomic E-state index is -0.0449. The van der Waals surface area contributed by atoms with E-state index in [1.165, 1.54) is 0 Å². The first-order chi connectivity index (χ1) is 15.1. The first-order valence-electron chi connectivity index (χ1n) is 9.92. The first kappa shape index (κ1) is 19.2. The number of methoxy groups -OCH3 is 1. The summed E-state index contributed by atoms with van der Waals surface area (Å²) in [5, 5.41) is 9.21. The monoisotopic (exact) mass is 419 g/mol. The van der Waals surface area contributed by atoms with Crippen molar-refractivity contribution in [2.45, 2.75) is 19.0 Å². The number of ether oxygens (including phenoxy) is 2. The molecule has 1 fully saturated rings. The van der Waals surface area contributed by atoms with Crippen LogP contribution < -0.4 is 16.0 Å². The van der Waals surface area contributed by atoms with Crippen molar-refractivity contribution in [1.29, 1.82) is 0 Å². The van der Waals surface area contributed by atoms with Crippen LogP contribution in [0.4, 0.5) is 5.95 Å². The van der Waals surface area contributed by atoms with E-state index in [9.17, 15) is 4.79 Å². The molecule has 158 valence electrons. The van der Waals surface area contributed by atoms with Crippen LogP contribution in [0.15, 0.2) is 47.5 Å². The van der Waals surface area contributed by atoms with Crippen LogP contribution >= 0.6 is 0 Å². The Balaban J connectivity index is 1.49. The number of pyridine rings is 1. The third-order valence-electron chi connectivity index (χ3n) is 5.39. The van der Waals surface area contributed by atoms with Gasteiger partial charge in [-0.05, 0) is 18.6 Å². The summed E-state index contributed by atoms with van der Waals surface area (Å²) in [6.45, 7) is 1.53. The zero-order chi connectivity index (χ0) is 21.4. The Bertz CT molecular complexity index is 1310. The van der Waals surface area contributed by atoms with E-state index in [1.807, 2.05) is 24.3 Å². The second-order valence-corrected chi connectivity index (χ2v) is 7.35. The van der Waals surface area contributed by atoms with Gasteiger partial charge < -0.3 is 19.8 Å². The number of nitrogen functional groups attached to an aromatic ring is 1. The van der Waals surface area contributed by atoms with Crippen molar-refractivity contribution < 1.29 is 9.47 Å². The normalized spacial score (nSPS) is 16.1. The van der Waals surface area contributed by atoms with E-state index in [-0.39, 0.29) is 17.5 Å². The minimum absolute atomic E-state index is 0.0449. The summed E-state index contributed by atoms with van der Waals surface area (Å²) in [6, 6.07) is 9.30. The van der Waals surface area contributed by atoms with Gasteiger partial charge >= 0.3 is 0 Å². The van der Waals surface area contributed by atoms with Crippen molar-refractivity contribution in [3.05, 3.63) is 58.6 Å². The molecule has 1 aromatic carbocycles. The standard InChI is InChI=1S/C21H21N7O3/c1-30-17-6-2-5-15-18(23-21(22)24-19(15)17)16-11-27(26-25-16)10-13-4-3-8-28(20(13)29)14-7-9-31-12-14/h2-6,8,11,14H,7,9-10,12H2,1H3,(H2,22,23,24). The lowest BCUT2D eigenvalue weighted by Crippen LogP contribution is -2.28. The number of aromatic nitrogens is 6. The maximum Gasteiger partial charge on any atom is 0.255 e. The second-order valence-electron chi connectivity index (χ2n) is 7.35. The number of nitrogens with two attached hydrogens (primary N) is 1. The number of fused-ring (bicyclic) bond motifs is 1. The maximum absolute atomic E-state index is 12.9. The Morgan fingerprint density at radius 2 is 2.16 bits per heavy atom. The summed E-state index contributed by atoms with van der Waals surface area (Å²) in [5.41, 5.74) is 8.20. The fourth-order valence-corrected chi connectivity index (χ4v) is 3.87. The van der Waals surface area contributed by atoms with Crippen LogP contribution in [0.1, 0.15) is 18.0 Å². The molecule has 4 heterocycles. The van der Waals surface area contributed by atoms with Gasteiger partial charge in [-0.25, -0.2) is 14.6 Å². The van der Waals surface area contributed by atoms with Gasteiger partial charge in [-0.2, -0.15) is 0 Å². The van der Waals surface area contributed by atoms with Gasteiger partial charge in [-0.3, -0.25) is 4.79 Å². The van der Waals surface area contributed by atoms with Crippen molar-refractivity contribution >= 4 is 16.9 Å². The van der Waals surface area contributed by atoms with Gasteiger partial charge in [0.25, 0.3) is 5.56 Å². The van der Waals surface area contributed by atoms with Crippen LogP contribution in [0.3, 0.4) is 0 Å². The Morgan fingerprint density at radius 3 is 2.97 bits per heavy atom. The third kappa shape index (κ3) is 3.50. The highest BCUT2D eigenvalue weighted by Gasteiger charge is 2.20. The van der Waals surface area contributed by atoms with E-state index in [2.05, 4.69) is 20.3 Å². The molecule has 1 unspecified atom stereocenters. The van der Waals surface area contributed by atoms with E-state index >= 15 is 0 Å². The zero-order valence-electron chi connectivity index (χ0n) is 16.9. The molecule has 1 aliphatic rings. The van der Waals surface area contributed by atoms with E-state index < -0.39 is 0 Å². The molecular weight excluding hydrogens is 398 g/mol. The number of rotatable bonds is 5. The minimum Gasteiger partial charge on any atom is -0.494 e. The lowest BCUT2D eigenvalue weighted by molar-refractivity contribution is 0.186. The number of hydrogen-bond acceptors (Lipinski definition) is 8. The lowest BCUT2D eigenvalue weighted by Gasteiger charge is -2.13. The molecule has 0 radical (unpaired) electrons. The molecule has 4 aromatic rings. The largest absolute Gasteiger partial charge is 0.494 e. The topological polar surface area (TPSA) is 123 Å². The summed E-state index contributed by atoms with van der Waals surface area (Å²) in [5.74, 6) is 0.715. The molecule has 1 atom stereocenters. The van der Waals surface area contributed by atoms with Gasteiger partial charge in [0, 0.05) is 23.8 Å². The van der Waals surface area contributed by atoms with Gasteiger partial charge in [0.15, 0.2) is 0 Å². The highest BCUT2D eigenvalue weighted by molar-refractivity contribution is 5.95. The Hall–Kier alpha value is -3.79. The van der Waals surface area contributed by atoms with Gasteiger partial charge in [0.2, 0.25) is 5.95 Å². The van der Waals surface area contributed by atoms with Crippen LogP contribution in [0.25, 0.3) is 22.3 Å². The first-order valence-corrected chi connectivity index (χ1v) is 9.92. The quantitative estimate of drug-likeness (QED) is 0.518. The fourth-order valence-electron chi connectivity index (χ4n) is 3.87. The van der Waals surface area contributed by atoms with Crippen LogP contribution in [-0.2, 0) is 11.3 Å². The predicted octanol–water partition coefficient (Wildman–Crippen LogP) is 1.65. The molecule has 0 spiro atoms. The number of para-hydroxylation sites is 1. The average Bonchev–Trinajstić information content (AvgIpc) is 3.47. The highest BCUT2D eigenvalue weighted by atomic mass is 16.5. The van der Waals surface area contributed by atoms with E-state index in [0.717, 1.165) is 11.8 Å². The van der Waals surface area contributed by atoms with E-state index in [4.69, 9.17) is 15.2 Å². The summed E-state index contributed by atoms with van der Waals surface area (Å²) < 4.78 is 14.2. The molecule has 31 heavy (non-hydrogen) atoms. The zero-order valence-corrected chi connectivity index (χ0v) is 16.9. The van der Waals surface area contributed by atoms with Gasteiger partial charge in [0.05, 0.1) is 32.5 Å². The third-order valence-corrected chi connectivity index (χ3v) is 5.39. The molecular formula is C21H21N7O3. The van der Waals surface area contributed by atoms with Gasteiger partial charge in [0.1, 0.15) is 22.7 Å². The Labute approximate surface area is 177 Å². The van der Waals surface area contributed by atoms with Gasteiger partial charge in [-0.1, -0.05) is 23.4 Å². The molecule has 5 rings (SSSR count). The molecule has 0 amide bonds. The smallest absolute Gasteiger partial charge is 0.255 e. The Morgan fingerprint density at radius 1 is 1.26 bits per heavy atom. The molecule has 2 N–H and O–H groups in total. The van der Waals surface area contributed by atoms with Crippen molar-refractivity contribution in [2.24, 2.45) is 0 Å². The van der Waals surface area contributed by atoms with E-state index in [0.29, 0.717) is 48.0 Å². The van der Waals surface area contributed by atoms with Crippen LogP contribution in [0, 0.1) is 0 Å².